The van der Waals surface area contributed by atoms with Crippen LogP contribution in [0.4, 0.5) is 5.69 Å². The van der Waals surface area contributed by atoms with Gasteiger partial charge < -0.3 is 15.5 Å². The molecule has 2 aromatic rings. The summed E-state index contributed by atoms with van der Waals surface area (Å²) in [5.74, 6) is -0.694. The van der Waals surface area contributed by atoms with Gasteiger partial charge in [-0.2, -0.15) is 0 Å². The summed E-state index contributed by atoms with van der Waals surface area (Å²) < 4.78 is 0. The van der Waals surface area contributed by atoms with Gasteiger partial charge in [0, 0.05) is 19.7 Å². The third kappa shape index (κ3) is 6.45. The Bertz CT molecular complexity index is 891. The first-order valence-electron chi connectivity index (χ1n) is 9.61. The molecule has 1 unspecified atom stereocenters. The van der Waals surface area contributed by atoms with Gasteiger partial charge in [-0.3, -0.25) is 14.4 Å². The number of carbonyl (C=O) groups excluding carboxylic acids is 3. The molecular weight excluding hydrogens is 366 g/mol. The summed E-state index contributed by atoms with van der Waals surface area (Å²) in [5, 5.41) is 5.68. The van der Waals surface area contributed by atoms with E-state index < -0.39 is 6.04 Å². The number of hydrogen-bond donors (Lipinski definition) is 2. The number of anilines is 1. The van der Waals surface area contributed by atoms with E-state index in [4.69, 9.17) is 0 Å². The Labute approximate surface area is 172 Å². The Balaban J connectivity index is 2.01. The minimum atomic E-state index is -0.440. The fourth-order valence-electron chi connectivity index (χ4n) is 3.01. The van der Waals surface area contributed by atoms with Crippen LogP contribution in [-0.4, -0.2) is 36.2 Å². The quantitative estimate of drug-likeness (QED) is 0.755. The number of carbonyl (C=O) groups is 3. The largest absolute Gasteiger partial charge is 0.349 e. The highest BCUT2D eigenvalue weighted by molar-refractivity contribution is 5.95. The van der Waals surface area contributed by atoms with Crippen molar-refractivity contribution in [2.45, 2.75) is 40.2 Å². The van der Waals surface area contributed by atoms with Crippen LogP contribution in [0.25, 0.3) is 0 Å². The predicted octanol–water partition coefficient (Wildman–Crippen LogP) is 3.28. The first kappa shape index (κ1) is 22.1. The number of likely N-dealkylation sites (N-methyl/N-ethyl adjacent to an activating group) is 1. The molecule has 2 N–H and O–H groups in total. The van der Waals surface area contributed by atoms with Crippen LogP contribution in [0.5, 0.6) is 0 Å². The van der Waals surface area contributed by atoms with Gasteiger partial charge in [0.15, 0.2) is 0 Å². The van der Waals surface area contributed by atoms with E-state index in [1.54, 1.807) is 7.05 Å². The van der Waals surface area contributed by atoms with E-state index in [9.17, 15) is 14.4 Å². The van der Waals surface area contributed by atoms with Crippen LogP contribution < -0.4 is 10.6 Å². The summed E-state index contributed by atoms with van der Waals surface area (Å²) >= 11 is 0. The van der Waals surface area contributed by atoms with Crippen molar-refractivity contribution in [3.8, 4) is 0 Å². The standard InChI is InChI=1S/C23H29N3O3/c1-15-9-11-19(12-10-15)21(24-18(4)27)13-23(29)26(5)14-22(28)25-20-8-6-7-16(2)17(20)3/h6-12,21H,13-14H2,1-5H3,(H,24,27)(H,25,28). The number of nitrogens with zero attached hydrogens (tertiary/aromatic N) is 1. The summed E-state index contributed by atoms with van der Waals surface area (Å²) in [6, 6.07) is 12.9. The van der Waals surface area contributed by atoms with Gasteiger partial charge in [0.1, 0.15) is 0 Å². The molecule has 2 aromatic carbocycles. The maximum Gasteiger partial charge on any atom is 0.243 e. The van der Waals surface area contributed by atoms with Crippen molar-refractivity contribution in [2.24, 2.45) is 0 Å². The zero-order chi connectivity index (χ0) is 21.6. The highest BCUT2D eigenvalue weighted by Gasteiger charge is 2.21. The summed E-state index contributed by atoms with van der Waals surface area (Å²) in [6.07, 6.45) is 0.0793. The molecule has 0 saturated heterocycles. The molecule has 0 spiro atoms. The average Bonchev–Trinajstić information content (AvgIpc) is 2.65. The summed E-state index contributed by atoms with van der Waals surface area (Å²) in [4.78, 5) is 38.0. The smallest absolute Gasteiger partial charge is 0.243 e. The number of amides is 3. The molecular formula is C23H29N3O3. The lowest BCUT2D eigenvalue weighted by molar-refractivity contribution is -0.134. The summed E-state index contributed by atoms with van der Waals surface area (Å²) in [5.41, 5.74) is 4.78. The number of nitrogens with one attached hydrogen (secondary N) is 2. The number of rotatable bonds is 7. The SMILES string of the molecule is CC(=O)NC(CC(=O)N(C)CC(=O)Nc1cccc(C)c1C)c1ccc(C)cc1. The summed E-state index contributed by atoms with van der Waals surface area (Å²) in [6.45, 7) is 7.26. The van der Waals surface area contributed by atoms with E-state index in [1.807, 2.05) is 63.2 Å². The number of hydrogen-bond acceptors (Lipinski definition) is 3. The number of benzene rings is 2. The van der Waals surface area contributed by atoms with Gasteiger partial charge >= 0.3 is 0 Å². The molecule has 6 heteroatoms. The minimum absolute atomic E-state index is 0.0626. The fourth-order valence-corrected chi connectivity index (χ4v) is 3.01. The highest BCUT2D eigenvalue weighted by Crippen LogP contribution is 2.20. The van der Waals surface area contributed by atoms with Crippen molar-refractivity contribution in [3.05, 3.63) is 64.7 Å². The van der Waals surface area contributed by atoms with E-state index in [2.05, 4.69) is 10.6 Å². The molecule has 3 amide bonds. The topological polar surface area (TPSA) is 78.5 Å². The van der Waals surface area contributed by atoms with Crippen LogP contribution in [0.2, 0.25) is 0 Å². The highest BCUT2D eigenvalue weighted by atomic mass is 16.2. The molecule has 0 saturated carbocycles. The molecule has 0 aliphatic carbocycles. The van der Waals surface area contributed by atoms with Crippen molar-refractivity contribution < 1.29 is 14.4 Å². The van der Waals surface area contributed by atoms with E-state index >= 15 is 0 Å². The second-order valence-corrected chi connectivity index (χ2v) is 7.41. The summed E-state index contributed by atoms with van der Waals surface area (Å²) in [7, 11) is 1.59. The molecule has 0 bridgehead atoms. The van der Waals surface area contributed by atoms with Crippen LogP contribution >= 0.6 is 0 Å². The molecule has 2 rings (SSSR count). The minimum Gasteiger partial charge on any atom is -0.349 e. The van der Waals surface area contributed by atoms with Crippen LogP contribution in [0.3, 0.4) is 0 Å². The van der Waals surface area contributed by atoms with Gasteiger partial charge in [0.2, 0.25) is 17.7 Å². The lowest BCUT2D eigenvalue weighted by Crippen LogP contribution is -2.38. The normalized spacial score (nSPS) is 11.5. The number of aryl methyl sites for hydroxylation is 2. The molecule has 0 fully saturated rings. The average molecular weight is 396 g/mol. The monoisotopic (exact) mass is 395 g/mol. The van der Waals surface area contributed by atoms with Crippen molar-refractivity contribution >= 4 is 23.4 Å². The van der Waals surface area contributed by atoms with Crippen LogP contribution in [-0.2, 0) is 14.4 Å². The van der Waals surface area contributed by atoms with Crippen LogP contribution in [0.15, 0.2) is 42.5 Å². The molecule has 154 valence electrons. The second-order valence-electron chi connectivity index (χ2n) is 7.41. The lowest BCUT2D eigenvalue weighted by Gasteiger charge is -2.22. The Morgan fingerprint density at radius 1 is 1.00 bits per heavy atom. The van der Waals surface area contributed by atoms with Gasteiger partial charge in [-0.05, 0) is 43.5 Å². The van der Waals surface area contributed by atoms with Gasteiger partial charge in [0.05, 0.1) is 19.0 Å². The Hall–Kier alpha value is -3.15. The Kier molecular flexibility index (Phi) is 7.53. The van der Waals surface area contributed by atoms with Crippen molar-refractivity contribution in [3.63, 3.8) is 0 Å². The molecule has 0 radical (unpaired) electrons. The third-order valence-electron chi connectivity index (χ3n) is 4.92. The zero-order valence-electron chi connectivity index (χ0n) is 17.7. The lowest BCUT2D eigenvalue weighted by atomic mass is 10.0. The van der Waals surface area contributed by atoms with E-state index in [0.717, 1.165) is 27.9 Å². The molecule has 0 heterocycles. The molecule has 0 aliphatic heterocycles. The van der Waals surface area contributed by atoms with E-state index in [1.165, 1.54) is 11.8 Å². The van der Waals surface area contributed by atoms with Crippen molar-refractivity contribution in [1.82, 2.24) is 10.2 Å². The van der Waals surface area contributed by atoms with Crippen LogP contribution in [0.1, 0.15) is 41.6 Å². The molecule has 29 heavy (non-hydrogen) atoms. The first-order valence-corrected chi connectivity index (χ1v) is 9.61. The van der Waals surface area contributed by atoms with Gasteiger partial charge in [-0.1, -0.05) is 42.0 Å². The zero-order valence-corrected chi connectivity index (χ0v) is 17.7. The maximum absolute atomic E-state index is 12.7. The predicted molar refractivity (Wildman–Crippen MR) is 115 cm³/mol. The van der Waals surface area contributed by atoms with Crippen molar-refractivity contribution in [2.75, 3.05) is 18.9 Å². The molecule has 0 aromatic heterocycles. The van der Waals surface area contributed by atoms with Gasteiger partial charge in [-0.15, -0.1) is 0 Å². The van der Waals surface area contributed by atoms with Crippen LogP contribution in [0, 0.1) is 20.8 Å². The fraction of sp³-hybridized carbons (Fsp3) is 0.348. The first-order chi connectivity index (χ1) is 13.7. The van der Waals surface area contributed by atoms with Gasteiger partial charge in [0.25, 0.3) is 0 Å². The second kappa shape index (κ2) is 9.87. The Morgan fingerprint density at radius 3 is 2.28 bits per heavy atom. The molecule has 1 atom stereocenters. The third-order valence-corrected chi connectivity index (χ3v) is 4.92. The van der Waals surface area contributed by atoms with Crippen molar-refractivity contribution in [1.29, 1.82) is 0 Å². The molecule has 0 aliphatic rings. The van der Waals surface area contributed by atoms with Gasteiger partial charge in [-0.25, -0.2) is 0 Å². The Morgan fingerprint density at radius 2 is 1.66 bits per heavy atom. The maximum atomic E-state index is 12.7. The van der Waals surface area contributed by atoms with E-state index in [-0.39, 0.29) is 30.7 Å². The van der Waals surface area contributed by atoms with E-state index in [0.29, 0.717) is 0 Å². The molecule has 6 nitrogen and oxygen atoms in total.